The Morgan fingerprint density at radius 1 is 1.04 bits per heavy atom. The second-order valence-electron chi connectivity index (χ2n) is 6.80. The van der Waals surface area contributed by atoms with Crippen molar-refractivity contribution < 1.29 is 4.79 Å². The number of carbonyl (C=O) groups is 1. The van der Waals surface area contributed by atoms with Gasteiger partial charge in [0.2, 0.25) is 5.91 Å². The smallest absolute Gasteiger partial charge is 0.228 e. The topological polar surface area (TPSA) is 20.3 Å². The standard InChI is InChI=1S/C20H23NOS2/c22-20-13-19(18-11-6-12-23-18)24-17-10-5-4-9-16(17)21(20)14-15-7-2-1-3-8-15/h4-6,9-12,15,19H,1-3,7-8,13-14H2. The fourth-order valence-electron chi connectivity index (χ4n) is 3.84. The van der Waals surface area contributed by atoms with Gasteiger partial charge in [0.1, 0.15) is 0 Å². The molecule has 1 unspecified atom stereocenters. The van der Waals surface area contributed by atoms with E-state index in [1.165, 1.54) is 41.9 Å². The number of hydrogen-bond acceptors (Lipinski definition) is 3. The Hall–Kier alpha value is -1.26. The zero-order valence-electron chi connectivity index (χ0n) is 13.8. The minimum absolute atomic E-state index is 0.245. The van der Waals surface area contributed by atoms with Crippen LogP contribution in [0.5, 0.6) is 0 Å². The number of para-hydroxylation sites is 1. The Bertz CT molecular complexity index is 691. The molecule has 2 aromatic rings. The molecule has 2 aliphatic rings. The average Bonchev–Trinajstić information content (AvgIpc) is 3.11. The lowest BCUT2D eigenvalue weighted by molar-refractivity contribution is -0.118. The molecule has 24 heavy (non-hydrogen) atoms. The summed E-state index contributed by atoms with van der Waals surface area (Å²) in [5.74, 6) is 0.954. The highest BCUT2D eigenvalue weighted by Gasteiger charge is 2.31. The van der Waals surface area contributed by atoms with Crippen LogP contribution < -0.4 is 4.90 Å². The highest BCUT2D eigenvalue weighted by atomic mass is 32.2. The van der Waals surface area contributed by atoms with Crippen molar-refractivity contribution in [2.24, 2.45) is 5.92 Å². The predicted molar refractivity (Wildman–Crippen MR) is 103 cm³/mol. The zero-order valence-corrected chi connectivity index (χ0v) is 15.5. The van der Waals surface area contributed by atoms with Crippen molar-refractivity contribution in [3.63, 3.8) is 0 Å². The third-order valence-corrected chi connectivity index (χ3v) is 7.55. The fourth-order valence-corrected chi connectivity index (χ4v) is 6.04. The molecule has 126 valence electrons. The molecule has 0 radical (unpaired) electrons. The van der Waals surface area contributed by atoms with Gasteiger partial charge in [-0.05, 0) is 42.3 Å². The number of rotatable bonds is 3. The molecular weight excluding hydrogens is 334 g/mol. The van der Waals surface area contributed by atoms with E-state index in [0.717, 1.165) is 12.2 Å². The lowest BCUT2D eigenvalue weighted by Gasteiger charge is -2.30. The van der Waals surface area contributed by atoms with E-state index in [-0.39, 0.29) is 11.2 Å². The van der Waals surface area contributed by atoms with E-state index >= 15 is 0 Å². The first-order valence-corrected chi connectivity index (χ1v) is 10.7. The van der Waals surface area contributed by atoms with Gasteiger partial charge < -0.3 is 4.90 Å². The Kier molecular flexibility index (Phi) is 4.95. The largest absolute Gasteiger partial charge is 0.311 e. The fraction of sp³-hybridized carbons (Fsp3) is 0.450. The average molecular weight is 358 g/mol. The van der Waals surface area contributed by atoms with Gasteiger partial charge >= 0.3 is 0 Å². The molecule has 4 heteroatoms. The van der Waals surface area contributed by atoms with Crippen LogP contribution in [-0.2, 0) is 4.79 Å². The summed E-state index contributed by atoms with van der Waals surface area (Å²) in [6, 6.07) is 12.7. The number of carbonyl (C=O) groups excluding carboxylic acids is 1. The summed E-state index contributed by atoms with van der Waals surface area (Å²) in [5, 5.41) is 2.35. The number of nitrogens with zero attached hydrogens (tertiary/aromatic N) is 1. The summed E-state index contributed by atoms with van der Waals surface area (Å²) in [5.41, 5.74) is 1.12. The van der Waals surface area contributed by atoms with Gasteiger partial charge in [0.05, 0.1) is 10.9 Å². The molecule has 0 spiro atoms. The molecule has 1 aliphatic heterocycles. The van der Waals surface area contributed by atoms with Gasteiger partial charge in [-0.25, -0.2) is 0 Å². The summed E-state index contributed by atoms with van der Waals surface area (Å²) >= 11 is 3.61. The van der Waals surface area contributed by atoms with Crippen molar-refractivity contribution in [2.75, 3.05) is 11.4 Å². The van der Waals surface area contributed by atoms with Gasteiger partial charge in [0, 0.05) is 22.7 Å². The van der Waals surface area contributed by atoms with E-state index < -0.39 is 0 Å². The number of benzene rings is 1. The summed E-state index contributed by atoms with van der Waals surface area (Å²) in [7, 11) is 0. The lowest BCUT2D eigenvalue weighted by atomic mass is 9.88. The maximum Gasteiger partial charge on any atom is 0.228 e. The van der Waals surface area contributed by atoms with Gasteiger partial charge in [-0.2, -0.15) is 0 Å². The van der Waals surface area contributed by atoms with Crippen molar-refractivity contribution in [1.82, 2.24) is 0 Å². The number of amides is 1. The molecular formula is C20H23NOS2. The molecule has 1 fully saturated rings. The third kappa shape index (κ3) is 3.40. The van der Waals surface area contributed by atoms with E-state index in [1.54, 1.807) is 11.3 Å². The minimum Gasteiger partial charge on any atom is -0.311 e. The second kappa shape index (κ2) is 7.32. The van der Waals surface area contributed by atoms with Crippen LogP contribution >= 0.6 is 23.1 Å². The number of thioether (sulfide) groups is 1. The van der Waals surface area contributed by atoms with Gasteiger partial charge in [-0.15, -0.1) is 23.1 Å². The molecule has 1 saturated carbocycles. The van der Waals surface area contributed by atoms with Gasteiger partial charge in [0.25, 0.3) is 0 Å². The van der Waals surface area contributed by atoms with Crippen LogP contribution in [0.25, 0.3) is 0 Å². The van der Waals surface area contributed by atoms with E-state index in [2.05, 4.69) is 46.7 Å². The Balaban J connectivity index is 1.63. The minimum atomic E-state index is 0.245. The molecule has 0 saturated heterocycles. The monoisotopic (exact) mass is 357 g/mol. The van der Waals surface area contributed by atoms with E-state index in [1.807, 2.05) is 11.8 Å². The summed E-state index contributed by atoms with van der Waals surface area (Å²) in [4.78, 5) is 17.7. The van der Waals surface area contributed by atoms with E-state index in [4.69, 9.17) is 0 Å². The highest BCUT2D eigenvalue weighted by molar-refractivity contribution is 7.99. The number of anilines is 1. The van der Waals surface area contributed by atoms with E-state index in [0.29, 0.717) is 12.3 Å². The Labute approximate surface area is 152 Å². The molecule has 1 aliphatic carbocycles. The first-order valence-electron chi connectivity index (χ1n) is 8.91. The van der Waals surface area contributed by atoms with Crippen LogP contribution in [0.1, 0.15) is 48.7 Å². The van der Waals surface area contributed by atoms with Crippen LogP contribution in [0.4, 0.5) is 5.69 Å². The van der Waals surface area contributed by atoms with Crippen molar-refractivity contribution in [3.8, 4) is 0 Å². The van der Waals surface area contributed by atoms with Crippen LogP contribution in [0.2, 0.25) is 0 Å². The third-order valence-electron chi connectivity index (χ3n) is 5.11. The second-order valence-corrected chi connectivity index (χ2v) is 9.03. The zero-order chi connectivity index (χ0) is 16.4. The van der Waals surface area contributed by atoms with Crippen molar-refractivity contribution >= 4 is 34.7 Å². The maximum atomic E-state index is 13.1. The van der Waals surface area contributed by atoms with Crippen molar-refractivity contribution in [1.29, 1.82) is 0 Å². The number of hydrogen-bond donors (Lipinski definition) is 0. The number of fused-ring (bicyclic) bond motifs is 1. The highest BCUT2D eigenvalue weighted by Crippen LogP contribution is 2.47. The first-order chi connectivity index (χ1) is 11.8. The van der Waals surface area contributed by atoms with Crippen molar-refractivity contribution in [3.05, 3.63) is 46.7 Å². The molecule has 0 N–H and O–H groups in total. The SMILES string of the molecule is O=C1CC(c2cccs2)Sc2ccccc2N1CC1CCCCC1. The molecule has 4 rings (SSSR count). The summed E-state index contributed by atoms with van der Waals surface area (Å²) in [6.45, 7) is 0.896. The lowest BCUT2D eigenvalue weighted by Crippen LogP contribution is -2.36. The molecule has 2 nitrogen and oxygen atoms in total. The van der Waals surface area contributed by atoms with Gasteiger partial charge in [0.15, 0.2) is 0 Å². The van der Waals surface area contributed by atoms with Crippen molar-refractivity contribution in [2.45, 2.75) is 48.7 Å². The molecule has 1 atom stereocenters. The quantitative estimate of drug-likeness (QED) is 0.682. The van der Waals surface area contributed by atoms with Crippen LogP contribution in [0.3, 0.4) is 0 Å². The van der Waals surface area contributed by atoms with Crippen LogP contribution in [0.15, 0.2) is 46.7 Å². The maximum absolute atomic E-state index is 13.1. The molecule has 2 heterocycles. The Morgan fingerprint density at radius 3 is 2.67 bits per heavy atom. The summed E-state index contributed by atoms with van der Waals surface area (Å²) in [6.07, 6.45) is 7.15. The predicted octanol–water partition coefficient (Wildman–Crippen LogP) is 5.90. The van der Waals surface area contributed by atoms with Crippen LogP contribution in [-0.4, -0.2) is 12.5 Å². The molecule has 1 aromatic carbocycles. The molecule has 1 aromatic heterocycles. The van der Waals surface area contributed by atoms with Gasteiger partial charge in [-0.3, -0.25) is 4.79 Å². The summed E-state index contributed by atoms with van der Waals surface area (Å²) < 4.78 is 0. The van der Waals surface area contributed by atoms with Crippen LogP contribution in [0, 0.1) is 5.92 Å². The van der Waals surface area contributed by atoms with E-state index in [9.17, 15) is 4.79 Å². The number of thiophene rings is 1. The first kappa shape index (κ1) is 16.2. The molecule has 1 amide bonds. The Morgan fingerprint density at radius 2 is 1.88 bits per heavy atom. The normalized spacial score (nSPS) is 22.2. The van der Waals surface area contributed by atoms with Gasteiger partial charge in [-0.1, -0.05) is 37.5 Å². The molecule has 0 bridgehead atoms.